The van der Waals surface area contributed by atoms with Gasteiger partial charge in [-0.05, 0) is 12.8 Å². The van der Waals surface area contributed by atoms with Gasteiger partial charge in [-0.1, -0.05) is 18.0 Å². The SMILES string of the molecule is Clc1cncc(C2CCC2)n1. The maximum atomic E-state index is 5.70. The first-order chi connectivity index (χ1) is 5.36. The molecule has 0 unspecified atom stereocenters. The van der Waals surface area contributed by atoms with Crippen LogP contribution >= 0.6 is 11.6 Å². The van der Waals surface area contributed by atoms with E-state index in [-0.39, 0.29) is 0 Å². The van der Waals surface area contributed by atoms with Gasteiger partial charge in [-0.25, -0.2) is 4.98 Å². The summed E-state index contributed by atoms with van der Waals surface area (Å²) in [5.41, 5.74) is 1.06. The van der Waals surface area contributed by atoms with Gasteiger partial charge in [0.2, 0.25) is 0 Å². The van der Waals surface area contributed by atoms with Crippen LogP contribution in [0, 0.1) is 0 Å². The Bertz CT molecular complexity index is 258. The van der Waals surface area contributed by atoms with Gasteiger partial charge in [-0.3, -0.25) is 4.98 Å². The summed E-state index contributed by atoms with van der Waals surface area (Å²) in [7, 11) is 0. The standard InChI is InChI=1S/C8H9ClN2/c9-8-5-10-4-7(11-8)6-2-1-3-6/h4-6H,1-3H2. The van der Waals surface area contributed by atoms with Crippen LogP contribution in [0.25, 0.3) is 0 Å². The van der Waals surface area contributed by atoms with Crippen LogP contribution in [0.4, 0.5) is 0 Å². The van der Waals surface area contributed by atoms with Crippen LogP contribution in [-0.4, -0.2) is 9.97 Å². The normalized spacial score (nSPS) is 17.9. The summed E-state index contributed by atoms with van der Waals surface area (Å²) in [6, 6.07) is 0. The van der Waals surface area contributed by atoms with E-state index in [2.05, 4.69) is 9.97 Å². The van der Waals surface area contributed by atoms with Crippen LogP contribution in [0.2, 0.25) is 5.15 Å². The molecule has 2 nitrogen and oxygen atoms in total. The molecule has 0 N–H and O–H groups in total. The second-order valence-electron chi connectivity index (χ2n) is 2.89. The Morgan fingerprint density at radius 3 is 2.73 bits per heavy atom. The zero-order chi connectivity index (χ0) is 7.68. The van der Waals surface area contributed by atoms with E-state index in [0.717, 1.165) is 5.69 Å². The number of rotatable bonds is 1. The first-order valence-corrected chi connectivity index (χ1v) is 4.21. The highest BCUT2D eigenvalue weighted by atomic mass is 35.5. The minimum absolute atomic E-state index is 0.509. The molecule has 58 valence electrons. The highest BCUT2D eigenvalue weighted by molar-refractivity contribution is 6.29. The third-order valence-electron chi connectivity index (χ3n) is 2.15. The molecular weight excluding hydrogens is 160 g/mol. The second-order valence-corrected chi connectivity index (χ2v) is 3.28. The van der Waals surface area contributed by atoms with Gasteiger partial charge in [0.15, 0.2) is 0 Å². The Morgan fingerprint density at radius 2 is 2.18 bits per heavy atom. The van der Waals surface area contributed by atoms with Gasteiger partial charge in [0.1, 0.15) is 5.15 Å². The van der Waals surface area contributed by atoms with Crippen molar-refractivity contribution in [2.45, 2.75) is 25.2 Å². The quantitative estimate of drug-likeness (QED) is 0.644. The molecule has 1 heterocycles. The van der Waals surface area contributed by atoms with Crippen LogP contribution in [0.1, 0.15) is 30.9 Å². The van der Waals surface area contributed by atoms with Crippen LogP contribution in [0.3, 0.4) is 0 Å². The van der Waals surface area contributed by atoms with Crippen molar-refractivity contribution >= 4 is 11.6 Å². The predicted octanol–water partition coefficient (Wildman–Crippen LogP) is 2.40. The van der Waals surface area contributed by atoms with Crippen molar-refractivity contribution in [2.75, 3.05) is 0 Å². The number of hydrogen-bond donors (Lipinski definition) is 0. The topological polar surface area (TPSA) is 25.8 Å². The van der Waals surface area contributed by atoms with Gasteiger partial charge in [-0.2, -0.15) is 0 Å². The van der Waals surface area contributed by atoms with Crippen LogP contribution < -0.4 is 0 Å². The largest absolute Gasteiger partial charge is 0.260 e. The summed E-state index contributed by atoms with van der Waals surface area (Å²) in [5, 5.41) is 0.509. The van der Waals surface area contributed by atoms with E-state index in [1.54, 1.807) is 6.20 Å². The fraction of sp³-hybridized carbons (Fsp3) is 0.500. The van der Waals surface area contributed by atoms with E-state index in [0.29, 0.717) is 11.1 Å². The summed E-state index contributed by atoms with van der Waals surface area (Å²) in [6.45, 7) is 0. The van der Waals surface area contributed by atoms with Crippen molar-refractivity contribution in [3.63, 3.8) is 0 Å². The highest BCUT2D eigenvalue weighted by Crippen LogP contribution is 2.34. The molecule has 1 aliphatic carbocycles. The molecule has 1 saturated carbocycles. The number of aromatic nitrogens is 2. The lowest BCUT2D eigenvalue weighted by atomic mass is 9.83. The van der Waals surface area contributed by atoms with Gasteiger partial charge in [0.25, 0.3) is 0 Å². The minimum atomic E-state index is 0.509. The molecule has 0 spiro atoms. The zero-order valence-corrected chi connectivity index (χ0v) is 6.88. The highest BCUT2D eigenvalue weighted by Gasteiger charge is 2.20. The molecule has 0 bridgehead atoms. The second kappa shape index (κ2) is 2.78. The lowest BCUT2D eigenvalue weighted by Crippen LogP contribution is -2.10. The Kier molecular flexibility index (Phi) is 1.78. The Hall–Kier alpha value is -0.630. The van der Waals surface area contributed by atoms with Crippen molar-refractivity contribution in [2.24, 2.45) is 0 Å². The molecule has 1 aliphatic rings. The predicted molar refractivity (Wildman–Crippen MR) is 43.6 cm³/mol. The summed E-state index contributed by atoms with van der Waals surface area (Å²) in [5.74, 6) is 0.626. The number of hydrogen-bond acceptors (Lipinski definition) is 2. The van der Waals surface area contributed by atoms with E-state index in [4.69, 9.17) is 11.6 Å². The third kappa shape index (κ3) is 1.36. The van der Waals surface area contributed by atoms with Crippen LogP contribution in [-0.2, 0) is 0 Å². The van der Waals surface area contributed by atoms with E-state index < -0.39 is 0 Å². The smallest absolute Gasteiger partial charge is 0.147 e. The molecular formula is C8H9ClN2. The van der Waals surface area contributed by atoms with Crippen molar-refractivity contribution in [3.05, 3.63) is 23.2 Å². The molecule has 0 radical (unpaired) electrons. The average Bonchev–Trinajstić information content (AvgIpc) is 1.83. The molecule has 1 aromatic rings. The minimum Gasteiger partial charge on any atom is -0.260 e. The van der Waals surface area contributed by atoms with Gasteiger partial charge in [0.05, 0.1) is 11.9 Å². The maximum Gasteiger partial charge on any atom is 0.147 e. The van der Waals surface area contributed by atoms with E-state index in [1.807, 2.05) is 6.20 Å². The van der Waals surface area contributed by atoms with Crippen LogP contribution in [0.15, 0.2) is 12.4 Å². The van der Waals surface area contributed by atoms with Gasteiger partial charge >= 0.3 is 0 Å². The average molecular weight is 169 g/mol. The molecule has 0 amide bonds. The Labute approximate surface area is 70.6 Å². The lowest BCUT2D eigenvalue weighted by molar-refractivity contribution is 0.410. The van der Waals surface area contributed by atoms with E-state index in [9.17, 15) is 0 Å². The molecule has 3 heteroatoms. The Morgan fingerprint density at radius 1 is 1.36 bits per heavy atom. The first-order valence-electron chi connectivity index (χ1n) is 3.84. The van der Waals surface area contributed by atoms with E-state index >= 15 is 0 Å². The molecule has 1 fully saturated rings. The fourth-order valence-corrected chi connectivity index (χ4v) is 1.41. The summed E-state index contributed by atoms with van der Waals surface area (Å²) in [6.07, 6.45) is 7.20. The van der Waals surface area contributed by atoms with Gasteiger partial charge in [-0.15, -0.1) is 0 Å². The summed E-state index contributed by atoms with van der Waals surface area (Å²) < 4.78 is 0. The summed E-state index contributed by atoms with van der Waals surface area (Å²) >= 11 is 5.70. The monoisotopic (exact) mass is 168 g/mol. The summed E-state index contributed by atoms with van der Waals surface area (Å²) in [4.78, 5) is 8.19. The van der Waals surface area contributed by atoms with Crippen molar-refractivity contribution in [1.82, 2.24) is 9.97 Å². The molecule has 0 aliphatic heterocycles. The fourth-order valence-electron chi connectivity index (χ4n) is 1.26. The molecule has 0 atom stereocenters. The first kappa shape index (κ1) is 7.04. The number of halogens is 1. The van der Waals surface area contributed by atoms with Crippen molar-refractivity contribution in [1.29, 1.82) is 0 Å². The maximum absolute atomic E-state index is 5.70. The van der Waals surface area contributed by atoms with E-state index in [1.165, 1.54) is 19.3 Å². The van der Waals surface area contributed by atoms with Gasteiger partial charge < -0.3 is 0 Å². The van der Waals surface area contributed by atoms with Crippen LogP contribution in [0.5, 0.6) is 0 Å². The Balaban J connectivity index is 2.23. The lowest BCUT2D eigenvalue weighted by Gasteiger charge is -2.24. The molecule has 2 rings (SSSR count). The number of nitrogens with zero attached hydrogens (tertiary/aromatic N) is 2. The van der Waals surface area contributed by atoms with Crippen molar-refractivity contribution in [3.8, 4) is 0 Å². The molecule has 0 saturated heterocycles. The third-order valence-corrected chi connectivity index (χ3v) is 2.33. The molecule has 1 aromatic heterocycles. The van der Waals surface area contributed by atoms with Gasteiger partial charge in [0, 0.05) is 12.1 Å². The molecule has 0 aromatic carbocycles. The zero-order valence-electron chi connectivity index (χ0n) is 6.13. The molecule has 11 heavy (non-hydrogen) atoms. The van der Waals surface area contributed by atoms with Crippen molar-refractivity contribution < 1.29 is 0 Å².